The molecule has 1 aromatic carbocycles. The molecule has 20 heavy (non-hydrogen) atoms. The van der Waals surface area contributed by atoms with Gasteiger partial charge in [0.05, 0.1) is 11.1 Å². The highest BCUT2D eigenvalue weighted by molar-refractivity contribution is 8.12. The predicted octanol–water partition coefficient (Wildman–Crippen LogP) is 3.50. The molecule has 0 fully saturated rings. The Kier molecular flexibility index (Phi) is 6.32. The molecule has 114 valence electrons. The molecule has 0 heterocycles. The minimum absolute atomic E-state index is 0.237. The van der Waals surface area contributed by atoms with Crippen LogP contribution in [-0.2, 0) is 13.7 Å². The summed E-state index contributed by atoms with van der Waals surface area (Å²) >= 11 is 6.43. The summed E-state index contributed by atoms with van der Waals surface area (Å²) in [5, 5.41) is 0.237. The molecule has 0 amide bonds. The molecule has 0 bridgehead atoms. The molecule has 0 aliphatic heterocycles. The number of benzene rings is 1. The molecular formula is C10H15ClO6P2S. The Morgan fingerprint density at radius 1 is 1.20 bits per heavy atom. The van der Waals surface area contributed by atoms with Crippen LogP contribution in [0.1, 0.15) is 13.8 Å². The molecule has 0 aliphatic rings. The van der Waals surface area contributed by atoms with Gasteiger partial charge in [0.1, 0.15) is 0 Å². The summed E-state index contributed by atoms with van der Waals surface area (Å²) in [4.78, 5) is 28.7. The van der Waals surface area contributed by atoms with Crippen molar-refractivity contribution in [3.05, 3.63) is 29.3 Å². The van der Waals surface area contributed by atoms with E-state index in [1.54, 1.807) is 12.1 Å². The Morgan fingerprint density at radius 3 is 2.20 bits per heavy atom. The maximum Gasteiger partial charge on any atom is 0.353 e. The molecule has 1 aromatic rings. The lowest BCUT2D eigenvalue weighted by Gasteiger charge is -2.24. The molecule has 10 heteroatoms. The van der Waals surface area contributed by atoms with Crippen molar-refractivity contribution in [3.8, 4) is 0 Å². The fourth-order valence-electron chi connectivity index (χ4n) is 1.33. The molecule has 0 saturated carbocycles. The van der Waals surface area contributed by atoms with Crippen LogP contribution in [0.3, 0.4) is 0 Å². The summed E-state index contributed by atoms with van der Waals surface area (Å²) in [5.41, 5.74) is 0. The van der Waals surface area contributed by atoms with E-state index in [0.29, 0.717) is 16.7 Å². The average molecular weight is 361 g/mol. The van der Waals surface area contributed by atoms with Gasteiger partial charge in [0.2, 0.25) is 4.73 Å². The van der Waals surface area contributed by atoms with Gasteiger partial charge in [-0.3, -0.25) is 9.13 Å². The van der Waals surface area contributed by atoms with E-state index in [1.807, 2.05) is 0 Å². The largest absolute Gasteiger partial charge is 0.353 e. The number of hydrogen-bond acceptors (Lipinski definition) is 4. The summed E-state index contributed by atoms with van der Waals surface area (Å²) in [7, 11) is -9.40. The molecule has 6 nitrogen and oxygen atoms in total. The SMILES string of the molecule is CC(C)OP(=O)(O)C(Sc1ccccc1Cl)P(=O)(O)O. The van der Waals surface area contributed by atoms with Crippen LogP contribution in [0.4, 0.5) is 0 Å². The Bertz CT molecular complexity index is 560. The van der Waals surface area contributed by atoms with Gasteiger partial charge in [-0.1, -0.05) is 35.5 Å². The van der Waals surface area contributed by atoms with Crippen molar-refractivity contribution in [3.63, 3.8) is 0 Å². The fourth-order valence-corrected chi connectivity index (χ4v) is 6.47. The van der Waals surface area contributed by atoms with Gasteiger partial charge in [-0.15, -0.1) is 0 Å². The summed E-state index contributed by atoms with van der Waals surface area (Å²) in [6.45, 7) is 3.00. The zero-order valence-electron chi connectivity index (χ0n) is 10.7. The first-order valence-electron chi connectivity index (χ1n) is 5.51. The average Bonchev–Trinajstić information content (AvgIpc) is 2.24. The van der Waals surface area contributed by atoms with E-state index >= 15 is 0 Å². The second-order valence-electron chi connectivity index (χ2n) is 4.18. The van der Waals surface area contributed by atoms with Crippen LogP contribution >= 0.6 is 38.6 Å². The zero-order valence-corrected chi connectivity index (χ0v) is 14.1. The summed E-state index contributed by atoms with van der Waals surface area (Å²) in [6, 6.07) is 6.27. The first kappa shape index (κ1) is 18.2. The van der Waals surface area contributed by atoms with Crippen LogP contribution in [0.15, 0.2) is 29.2 Å². The lowest BCUT2D eigenvalue weighted by atomic mass is 10.4. The lowest BCUT2D eigenvalue weighted by Crippen LogP contribution is -2.11. The van der Waals surface area contributed by atoms with Crippen molar-refractivity contribution in [1.29, 1.82) is 0 Å². The highest BCUT2D eigenvalue weighted by Crippen LogP contribution is 2.69. The number of hydrogen-bond donors (Lipinski definition) is 3. The molecular weight excluding hydrogens is 346 g/mol. The smallest absolute Gasteiger partial charge is 0.323 e. The van der Waals surface area contributed by atoms with Crippen molar-refractivity contribution in [2.75, 3.05) is 0 Å². The predicted molar refractivity (Wildman–Crippen MR) is 79.2 cm³/mol. The van der Waals surface area contributed by atoms with E-state index in [1.165, 1.54) is 26.0 Å². The minimum Gasteiger partial charge on any atom is -0.323 e. The van der Waals surface area contributed by atoms with E-state index in [2.05, 4.69) is 0 Å². The van der Waals surface area contributed by atoms with Gasteiger partial charge in [-0.05, 0) is 26.0 Å². The maximum atomic E-state index is 12.1. The quantitative estimate of drug-likeness (QED) is 0.526. The van der Waals surface area contributed by atoms with E-state index in [0.717, 1.165) is 0 Å². The van der Waals surface area contributed by atoms with Gasteiger partial charge in [-0.2, -0.15) is 0 Å². The summed E-state index contributed by atoms with van der Waals surface area (Å²) < 4.78 is 26.4. The molecule has 2 atom stereocenters. The second kappa shape index (κ2) is 6.95. The van der Waals surface area contributed by atoms with Crippen molar-refractivity contribution >= 4 is 38.6 Å². The lowest BCUT2D eigenvalue weighted by molar-refractivity contribution is 0.204. The topological polar surface area (TPSA) is 104 Å². The standard InChI is InChI=1S/C10H15ClO6P2S/c1-7(2)17-19(15,16)10(18(12,13)14)20-9-6-4-3-5-8(9)11/h3-7,10H,1-2H3,(H,15,16)(H2,12,13,14). The highest BCUT2D eigenvalue weighted by Gasteiger charge is 2.47. The van der Waals surface area contributed by atoms with Crippen molar-refractivity contribution in [2.45, 2.75) is 29.6 Å². The minimum atomic E-state index is -4.87. The van der Waals surface area contributed by atoms with Gasteiger partial charge in [0.15, 0.2) is 0 Å². The monoisotopic (exact) mass is 360 g/mol. The molecule has 0 aliphatic carbocycles. The Balaban J connectivity index is 3.13. The van der Waals surface area contributed by atoms with Gasteiger partial charge >= 0.3 is 15.2 Å². The second-order valence-corrected chi connectivity index (χ2v) is 10.4. The molecule has 0 radical (unpaired) electrons. The van der Waals surface area contributed by atoms with Gasteiger partial charge in [-0.25, -0.2) is 0 Å². The third-order valence-corrected chi connectivity index (χ3v) is 9.15. The molecule has 1 rings (SSSR count). The zero-order chi connectivity index (χ0) is 15.6. The third-order valence-electron chi connectivity index (χ3n) is 2.00. The third kappa shape index (κ3) is 5.17. The van der Waals surface area contributed by atoms with Crippen LogP contribution in [0.2, 0.25) is 5.02 Å². The number of thioether (sulfide) groups is 1. The first-order chi connectivity index (χ1) is 9.04. The normalized spacial score (nSPS) is 16.9. The van der Waals surface area contributed by atoms with E-state index in [9.17, 15) is 23.8 Å². The first-order valence-corrected chi connectivity index (χ1v) is 10.1. The Morgan fingerprint density at radius 2 is 1.75 bits per heavy atom. The molecule has 0 saturated heterocycles. The molecule has 3 N–H and O–H groups in total. The van der Waals surface area contributed by atoms with Gasteiger partial charge < -0.3 is 19.2 Å². The van der Waals surface area contributed by atoms with Gasteiger partial charge in [0.25, 0.3) is 0 Å². The molecule has 2 unspecified atom stereocenters. The van der Waals surface area contributed by atoms with E-state index < -0.39 is 26.0 Å². The Hall–Kier alpha value is 0.160. The number of rotatable bonds is 6. The van der Waals surface area contributed by atoms with E-state index in [4.69, 9.17) is 16.1 Å². The van der Waals surface area contributed by atoms with Crippen LogP contribution < -0.4 is 0 Å². The van der Waals surface area contributed by atoms with Crippen molar-refractivity contribution in [1.82, 2.24) is 0 Å². The summed E-state index contributed by atoms with van der Waals surface area (Å²) in [5.74, 6) is 0. The fraction of sp³-hybridized carbons (Fsp3) is 0.400. The highest BCUT2D eigenvalue weighted by atomic mass is 35.5. The van der Waals surface area contributed by atoms with Crippen LogP contribution in [0.25, 0.3) is 0 Å². The van der Waals surface area contributed by atoms with Crippen molar-refractivity contribution in [2.24, 2.45) is 0 Å². The van der Waals surface area contributed by atoms with Crippen LogP contribution in [0, 0.1) is 0 Å². The maximum absolute atomic E-state index is 12.1. The van der Waals surface area contributed by atoms with Crippen molar-refractivity contribution < 1.29 is 28.3 Å². The van der Waals surface area contributed by atoms with E-state index in [-0.39, 0.29) is 5.02 Å². The van der Waals surface area contributed by atoms with Crippen LogP contribution in [-0.4, -0.2) is 25.5 Å². The van der Waals surface area contributed by atoms with Crippen LogP contribution in [0.5, 0.6) is 0 Å². The molecule has 0 aromatic heterocycles. The number of halogens is 1. The Labute approximate surface area is 126 Å². The molecule has 0 spiro atoms. The summed E-state index contributed by atoms with van der Waals surface area (Å²) in [6.07, 6.45) is -0.647. The van der Waals surface area contributed by atoms with Gasteiger partial charge in [0, 0.05) is 4.90 Å².